The van der Waals surface area contributed by atoms with Gasteiger partial charge in [0.1, 0.15) is 6.29 Å². The molecule has 0 atom stereocenters. The molecule has 0 aromatic heterocycles. The quantitative estimate of drug-likeness (QED) is 0.147. The van der Waals surface area contributed by atoms with E-state index in [1.54, 1.807) is 24.3 Å². The van der Waals surface area contributed by atoms with Crippen LogP contribution in [-0.4, -0.2) is 40.8 Å². The second-order valence-corrected chi connectivity index (χ2v) is 6.52. The van der Waals surface area contributed by atoms with E-state index in [2.05, 4.69) is 12.1 Å². The van der Waals surface area contributed by atoms with Gasteiger partial charge in [-0.3, -0.25) is 29.8 Å². The third-order valence-corrected chi connectivity index (χ3v) is 3.40. The summed E-state index contributed by atoms with van der Waals surface area (Å²) in [4.78, 5) is 36.7. The van der Waals surface area contributed by atoms with Crippen LogP contribution >= 0.6 is 0 Å². The molecule has 3 aromatic rings. The number of benzene rings is 3. The number of aldehydes is 1. The van der Waals surface area contributed by atoms with Gasteiger partial charge < -0.3 is 17.0 Å². The maximum absolute atomic E-state index is 10.0. The Kier molecular flexibility index (Phi) is 52.6. The summed E-state index contributed by atoms with van der Waals surface area (Å²) < 4.78 is 0. The molecular formula is C32H52N4O7. The van der Waals surface area contributed by atoms with Crippen molar-refractivity contribution in [3.63, 3.8) is 0 Å². The molecule has 43 heavy (non-hydrogen) atoms. The Labute approximate surface area is 257 Å². The molecule has 0 aliphatic heterocycles. The highest BCUT2D eigenvalue weighted by Gasteiger charge is 1.86. The Balaban J connectivity index is -0.0000000984. The van der Waals surface area contributed by atoms with Crippen LogP contribution in [0, 0.1) is 20.2 Å². The fourth-order valence-corrected chi connectivity index (χ4v) is 2.05. The van der Waals surface area contributed by atoms with E-state index in [-0.39, 0.29) is 6.15 Å². The van der Waals surface area contributed by atoms with E-state index in [1.807, 2.05) is 96.1 Å². The van der Waals surface area contributed by atoms with Gasteiger partial charge in [0.2, 0.25) is 6.20 Å². The molecule has 6 N–H and O–H groups in total. The van der Waals surface area contributed by atoms with Crippen LogP contribution in [0.1, 0.15) is 70.0 Å². The number of nitrogens with zero attached hydrogens (tertiary/aromatic N) is 2. The molecule has 3 rings (SSSR count). The van der Waals surface area contributed by atoms with Crippen LogP contribution in [0.5, 0.6) is 0 Å². The number of aliphatic carboxylic acids is 1. The molecule has 0 saturated heterocycles. The summed E-state index contributed by atoms with van der Waals surface area (Å²) in [5, 5.41) is 26.1. The minimum Gasteiger partial charge on any atom is -0.481 e. The number of nitro groups is 2. The lowest BCUT2D eigenvalue weighted by Crippen LogP contribution is -2.01. The molecule has 3 aromatic carbocycles. The molecule has 0 heterocycles. The number of carbonyl (C=O) groups is 2. The smallest absolute Gasteiger partial charge is 0.300 e. The van der Waals surface area contributed by atoms with E-state index in [0.29, 0.717) is 0 Å². The van der Waals surface area contributed by atoms with Crippen molar-refractivity contribution in [2.45, 2.75) is 54.9 Å². The Bertz CT molecular complexity index is 1000. The van der Waals surface area contributed by atoms with E-state index < -0.39 is 15.8 Å². The van der Waals surface area contributed by atoms with Crippen LogP contribution in [0.4, 0.5) is 0 Å². The molecule has 0 bridgehead atoms. The summed E-state index contributed by atoms with van der Waals surface area (Å²) in [7, 11) is 0.889. The molecule has 0 saturated carbocycles. The standard InChI is InChI=1S/C8H7NO2.C8H11N.C7H6O.C2H4O2.3C2H6.CH3NO2.H3N/c10-9(11)7-6-8-4-2-1-3-5-8;9-7-6-8-4-2-1-3-5-8;8-6-7-4-2-1-3-5-7;1-2(3)4;3*1-2;1-2(3)4;/h1-7H;1-5H,6-7,9H2;1-6H;1H3,(H,3,4);3*1-2H3;1H3;1H3/b7-6+;;;;;;;;. The van der Waals surface area contributed by atoms with Crippen molar-refractivity contribution >= 4 is 18.3 Å². The summed E-state index contributed by atoms with van der Waals surface area (Å²) in [5.41, 5.74) is 8.25. The first kappa shape index (κ1) is 51.0. The molecule has 0 amide bonds. The van der Waals surface area contributed by atoms with Crippen molar-refractivity contribution in [2.24, 2.45) is 5.73 Å². The topological polar surface area (TPSA) is 202 Å². The highest BCUT2D eigenvalue weighted by Crippen LogP contribution is 2.00. The number of carboxylic acid groups (broad SMARTS) is 1. The molecule has 0 aliphatic rings. The van der Waals surface area contributed by atoms with Gasteiger partial charge in [0, 0.05) is 23.5 Å². The maximum Gasteiger partial charge on any atom is 0.300 e. The average molecular weight is 605 g/mol. The first-order valence-electron chi connectivity index (χ1n) is 13.5. The molecule has 11 nitrogen and oxygen atoms in total. The van der Waals surface area contributed by atoms with Crippen LogP contribution in [0.25, 0.3) is 6.08 Å². The Morgan fingerprint density at radius 2 is 1.07 bits per heavy atom. The number of nitrogens with two attached hydrogens (primary N) is 1. The summed E-state index contributed by atoms with van der Waals surface area (Å²) in [6.07, 6.45) is 4.20. The van der Waals surface area contributed by atoms with Crippen molar-refractivity contribution in [3.8, 4) is 0 Å². The van der Waals surface area contributed by atoms with Crippen molar-refractivity contribution in [1.29, 1.82) is 0 Å². The summed E-state index contributed by atoms with van der Waals surface area (Å²) >= 11 is 0. The third kappa shape index (κ3) is 54.1. The number of carboxylic acids is 1. The van der Waals surface area contributed by atoms with Gasteiger partial charge in [-0.1, -0.05) is 133 Å². The number of hydrogen-bond acceptors (Lipinski definition) is 8. The molecule has 11 heteroatoms. The zero-order valence-electron chi connectivity index (χ0n) is 26.9. The van der Waals surface area contributed by atoms with Crippen molar-refractivity contribution in [1.82, 2.24) is 6.15 Å². The van der Waals surface area contributed by atoms with E-state index in [9.17, 15) is 14.9 Å². The first-order valence-corrected chi connectivity index (χ1v) is 13.5. The van der Waals surface area contributed by atoms with Gasteiger partial charge in [0.15, 0.2) is 7.05 Å². The van der Waals surface area contributed by atoms with Gasteiger partial charge >= 0.3 is 0 Å². The predicted octanol–water partition coefficient (Wildman–Crippen LogP) is 7.85. The zero-order chi connectivity index (χ0) is 33.6. The van der Waals surface area contributed by atoms with Gasteiger partial charge in [-0.05, 0) is 24.1 Å². The highest BCUT2D eigenvalue weighted by atomic mass is 16.6. The van der Waals surface area contributed by atoms with Crippen LogP contribution < -0.4 is 11.9 Å². The Hall–Kier alpha value is -4.74. The molecule has 0 aliphatic carbocycles. The SMILES string of the molecule is CC.CC.CC.CC(=O)O.C[N+](=O)[O-].N.NCCc1ccccc1.O=Cc1ccccc1.O=[N+]([O-])/C=C/c1ccccc1. The fraction of sp³-hybridized carbons (Fsp3) is 0.312. The van der Waals surface area contributed by atoms with Crippen LogP contribution in [0.3, 0.4) is 0 Å². The zero-order valence-corrected chi connectivity index (χ0v) is 26.9. The maximum atomic E-state index is 10.0. The lowest BCUT2D eigenvalue weighted by atomic mass is 10.2. The largest absolute Gasteiger partial charge is 0.481 e. The van der Waals surface area contributed by atoms with Crippen LogP contribution in [0.2, 0.25) is 0 Å². The second-order valence-electron chi connectivity index (χ2n) is 6.52. The van der Waals surface area contributed by atoms with Crippen LogP contribution in [-0.2, 0) is 11.2 Å². The predicted molar refractivity (Wildman–Crippen MR) is 179 cm³/mol. The molecule has 0 spiro atoms. The van der Waals surface area contributed by atoms with Gasteiger partial charge in [-0.2, -0.15) is 0 Å². The summed E-state index contributed by atoms with van der Waals surface area (Å²) in [6, 6.07) is 28.5. The van der Waals surface area contributed by atoms with Crippen LogP contribution in [0.15, 0.2) is 97.2 Å². The number of rotatable bonds is 5. The molecule has 0 unspecified atom stereocenters. The molecule has 242 valence electrons. The third-order valence-electron chi connectivity index (χ3n) is 3.40. The fourth-order valence-electron chi connectivity index (χ4n) is 2.05. The normalized spacial score (nSPS) is 7.74. The van der Waals surface area contributed by atoms with Crippen molar-refractivity contribution in [2.75, 3.05) is 13.6 Å². The van der Waals surface area contributed by atoms with E-state index >= 15 is 0 Å². The molecule has 0 radical (unpaired) electrons. The minimum atomic E-state index is -0.833. The first-order chi connectivity index (χ1) is 20.1. The van der Waals surface area contributed by atoms with Crippen molar-refractivity contribution < 1.29 is 24.5 Å². The summed E-state index contributed by atoms with van der Waals surface area (Å²) in [5.74, 6) is -0.833. The Morgan fingerprint density at radius 1 is 0.767 bits per heavy atom. The lowest BCUT2D eigenvalue weighted by Gasteiger charge is -1.93. The lowest BCUT2D eigenvalue weighted by molar-refractivity contribution is -0.445. The summed E-state index contributed by atoms with van der Waals surface area (Å²) in [6.45, 7) is 13.8. The minimum absolute atomic E-state index is 0. The van der Waals surface area contributed by atoms with Gasteiger partial charge in [-0.15, -0.1) is 0 Å². The molecular weight excluding hydrogens is 552 g/mol. The van der Waals surface area contributed by atoms with Crippen molar-refractivity contribution in [3.05, 3.63) is 134 Å². The van der Waals surface area contributed by atoms with E-state index in [0.717, 1.165) is 50.6 Å². The monoisotopic (exact) mass is 604 g/mol. The second kappa shape index (κ2) is 44.3. The highest BCUT2D eigenvalue weighted by molar-refractivity contribution is 5.74. The Morgan fingerprint density at radius 3 is 1.33 bits per heavy atom. The average Bonchev–Trinajstić information content (AvgIpc) is 3.01. The van der Waals surface area contributed by atoms with Gasteiger partial charge in [-0.25, -0.2) is 0 Å². The molecule has 0 fully saturated rings. The van der Waals surface area contributed by atoms with E-state index in [1.165, 1.54) is 11.6 Å². The number of hydrogen-bond donors (Lipinski definition) is 3. The van der Waals surface area contributed by atoms with E-state index in [4.69, 9.17) is 25.7 Å². The number of carbonyl (C=O) groups excluding carboxylic acids is 1. The van der Waals surface area contributed by atoms with Gasteiger partial charge in [0.05, 0.1) is 4.92 Å². The van der Waals surface area contributed by atoms with Gasteiger partial charge in [0.25, 0.3) is 5.97 Å².